The van der Waals surface area contributed by atoms with Crippen LogP contribution >= 0.6 is 11.6 Å². The van der Waals surface area contributed by atoms with Gasteiger partial charge < -0.3 is 5.11 Å². The van der Waals surface area contributed by atoms with Gasteiger partial charge in [0.2, 0.25) is 0 Å². The summed E-state index contributed by atoms with van der Waals surface area (Å²) in [4.78, 5) is 11.4. The van der Waals surface area contributed by atoms with Gasteiger partial charge in [0.25, 0.3) is 10.0 Å². The van der Waals surface area contributed by atoms with Gasteiger partial charge in [0.05, 0.1) is 10.6 Å². The molecule has 0 fully saturated rings. The first-order valence-corrected chi connectivity index (χ1v) is 8.65. The highest BCUT2D eigenvalue weighted by Crippen LogP contribution is 2.27. The van der Waals surface area contributed by atoms with Crippen molar-refractivity contribution in [3.05, 3.63) is 59.1 Å². The molecule has 0 aliphatic heterocycles. The SMILES string of the molecule is Cc1ccc(N(C(C)C(=O)O)S(=O)(=O)c2ccc(Cl)cc2)cc1. The number of halogens is 1. The van der Waals surface area contributed by atoms with Gasteiger partial charge in [-0.1, -0.05) is 29.3 Å². The molecule has 0 aliphatic rings. The maximum atomic E-state index is 12.9. The number of hydrogen-bond acceptors (Lipinski definition) is 3. The minimum Gasteiger partial charge on any atom is -0.480 e. The van der Waals surface area contributed by atoms with Crippen LogP contribution < -0.4 is 4.31 Å². The van der Waals surface area contributed by atoms with Crippen molar-refractivity contribution in [1.82, 2.24) is 0 Å². The van der Waals surface area contributed by atoms with Gasteiger partial charge in [0, 0.05) is 5.02 Å². The van der Waals surface area contributed by atoms with Gasteiger partial charge >= 0.3 is 5.97 Å². The van der Waals surface area contributed by atoms with Crippen LogP contribution in [0.5, 0.6) is 0 Å². The largest absolute Gasteiger partial charge is 0.480 e. The van der Waals surface area contributed by atoms with E-state index in [4.69, 9.17) is 11.6 Å². The van der Waals surface area contributed by atoms with Crippen molar-refractivity contribution < 1.29 is 18.3 Å². The van der Waals surface area contributed by atoms with Crippen molar-refractivity contribution in [3.63, 3.8) is 0 Å². The van der Waals surface area contributed by atoms with Crippen LogP contribution in [0.25, 0.3) is 0 Å². The van der Waals surface area contributed by atoms with Gasteiger partial charge in [0.1, 0.15) is 6.04 Å². The molecule has 0 saturated heterocycles. The molecule has 0 saturated carbocycles. The Labute approximate surface area is 140 Å². The van der Waals surface area contributed by atoms with E-state index in [1.807, 2.05) is 6.92 Å². The fourth-order valence-corrected chi connectivity index (χ4v) is 3.82. The molecule has 2 aromatic rings. The quantitative estimate of drug-likeness (QED) is 0.894. The zero-order valence-corrected chi connectivity index (χ0v) is 14.2. The van der Waals surface area contributed by atoms with Crippen molar-refractivity contribution in [1.29, 1.82) is 0 Å². The fraction of sp³-hybridized carbons (Fsp3) is 0.188. The summed E-state index contributed by atoms with van der Waals surface area (Å²) in [6.45, 7) is 3.19. The van der Waals surface area contributed by atoms with E-state index in [0.29, 0.717) is 10.7 Å². The molecule has 0 amide bonds. The lowest BCUT2D eigenvalue weighted by Crippen LogP contribution is -2.43. The molecule has 2 rings (SSSR count). The van der Waals surface area contributed by atoms with E-state index >= 15 is 0 Å². The van der Waals surface area contributed by atoms with Crippen molar-refractivity contribution in [2.75, 3.05) is 4.31 Å². The number of carboxylic acids is 1. The minimum absolute atomic E-state index is 0.0180. The van der Waals surface area contributed by atoms with Crippen LogP contribution in [0.4, 0.5) is 5.69 Å². The van der Waals surface area contributed by atoms with E-state index in [0.717, 1.165) is 9.87 Å². The van der Waals surface area contributed by atoms with E-state index in [1.165, 1.54) is 31.2 Å². The first-order valence-electron chi connectivity index (χ1n) is 6.83. The molecule has 5 nitrogen and oxygen atoms in total. The maximum Gasteiger partial charge on any atom is 0.327 e. The number of carboxylic acid groups (broad SMARTS) is 1. The lowest BCUT2D eigenvalue weighted by molar-refractivity contribution is -0.137. The monoisotopic (exact) mass is 353 g/mol. The number of benzene rings is 2. The smallest absolute Gasteiger partial charge is 0.327 e. The highest BCUT2D eigenvalue weighted by Gasteiger charge is 2.33. The summed E-state index contributed by atoms with van der Waals surface area (Å²) in [5, 5.41) is 9.70. The molecule has 122 valence electrons. The van der Waals surface area contributed by atoms with Crippen LogP contribution in [0.3, 0.4) is 0 Å². The summed E-state index contributed by atoms with van der Waals surface area (Å²) in [6.07, 6.45) is 0. The van der Waals surface area contributed by atoms with Crippen LogP contribution in [0.2, 0.25) is 5.02 Å². The molecule has 1 atom stereocenters. The van der Waals surface area contributed by atoms with Crippen molar-refractivity contribution in [2.45, 2.75) is 24.8 Å². The molecule has 1 N–H and O–H groups in total. The number of carbonyl (C=O) groups is 1. The number of anilines is 1. The maximum absolute atomic E-state index is 12.9. The summed E-state index contributed by atoms with van der Waals surface area (Å²) in [5.74, 6) is -1.23. The standard InChI is InChI=1S/C16H16ClNO4S/c1-11-3-7-14(8-4-11)18(12(2)16(19)20)23(21,22)15-9-5-13(17)6-10-15/h3-10,12H,1-2H3,(H,19,20). The van der Waals surface area contributed by atoms with Crippen LogP contribution in [0.15, 0.2) is 53.4 Å². The zero-order chi connectivity index (χ0) is 17.2. The van der Waals surface area contributed by atoms with Crippen LogP contribution in [0, 0.1) is 6.92 Å². The van der Waals surface area contributed by atoms with E-state index < -0.39 is 22.0 Å². The molecule has 2 aromatic carbocycles. The predicted molar refractivity (Wildman–Crippen MR) is 89.4 cm³/mol. The Kier molecular flexibility index (Phi) is 4.97. The summed E-state index contributed by atoms with van der Waals surface area (Å²) in [6, 6.07) is 11.0. The van der Waals surface area contributed by atoms with E-state index in [9.17, 15) is 18.3 Å². The third kappa shape index (κ3) is 3.65. The highest BCUT2D eigenvalue weighted by atomic mass is 35.5. The second-order valence-corrected chi connectivity index (χ2v) is 7.36. The van der Waals surface area contributed by atoms with Crippen LogP contribution in [-0.4, -0.2) is 25.5 Å². The Balaban J connectivity index is 2.58. The van der Waals surface area contributed by atoms with Crippen molar-refractivity contribution in [3.8, 4) is 0 Å². The Bertz CT molecular complexity index is 801. The summed E-state index contributed by atoms with van der Waals surface area (Å²) >= 11 is 5.79. The first kappa shape index (κ1) is 17.3. The van der Waals surface area contributed by atoms with E-state index in [1.54, 1.807) is 24.3 Å². The first-order chi connectivity index (χ1) is 10.7. The number of hydrogen-bond donors (Lipinski definition) is 1. The molecule has 0 aliphatic carbocycles. The third-order valence-electron chi connectivity index (χ3n) is 3.37. The molecular formula is C16H16ClNO4S. The predicted octanol–water partition coefficient (Wildman–Crippen LogP) is 3.32. The second-order valence-electron chi connectivity index (χ2n) is 5.10. The number of sulfonamides is 1. The topological polar surface area (TPSA) is 74.7 Å². The minimum atomic E-state index is -4.03. The molecule has 0 bridgehead atoms. The lowest BCUT2D eigenvalue weighted by atomic mass is 10.2. The number of aliphatic carboxylic acids is 1. The van der Waals surface area contributed by atoms with Crippen LogP contribution in [-0.2, 0) is 14.8 Å². The third-order valence-corrected chi connectivity index (χ3v) is 5.53. The molecule has 1 unspecified atom stereocenters. The average Bonchev–Trinajstić information content (AvgIpc) is 2.49. The molecule has 0 radical (unpaired) electrons. The average molecular weight is 354 g/mol. The van der Waals surface area contributed by atoms with Gasteiger partial charge in [-0.3, -0.25) is 4.31 Å². The van der Waals surface area contributed by atoms with Gasteiger partial charge in [-0.05, 0) is 50.2 Å². The van der Waals surface area contributed by atoms with Crippen molar-refractivity contribution in [2.24, 2.45) is 0 Å². The number of rotatable bonds is 5. The second kappa shape index (κ2) is 6.60. The van der Waals surface area contributed by atoms with E-state index in [-0.39, 0.29) is 4.90 Å². The summed E-state index contributed by atoms with van der Waals surface area (Å²) < 4.78 is 26.7. The Hall–Kier alpha value is -2.05. The van der Waals surface area contributed by atoms with Gasteiger partial charge in [-0.2, -0.15) is 0 Å². The van der Waals surface area contributed by atoms with Crippen molar-refractivity contribution >= 4 is 33.3 Å². The molecule has 23 heavy (non-hydrogen) atoms. The Morgan fingerprint density at radius 3 is 2.09 bits per heavy atom. The highest BCUT2D eigenvalue weighted by molar-refractivity contribution is 7.92. The van der Waals surface area contributed by atoms with Gasteiger partial charge in [-0.15, -0.1) is 0 Å². The lowest BCUT2D eigenvalue weighted by Gasteiger charge is -2.28. The van der Waals surface area contributed by atoms with Gasteiger partial charge in [-0.25, -0.2) is 13.2 Å². The molecule has 0 spiro atoms. The van der Waals surface area contributed by atoms with Crippen LogP contribution in [0.1, 0.15) is 12.5 Å². The molecule has 7 heteroatoms. The number of aryl methyl sites for hydroxylation is 1. The number of nitrogens with zero attached hydrogens (tertiary/aromatic N) is 1. The Morgan fingerprint density at radius 2 is 1.61 bits per heavy atom. The van der Waals surface area contributed by atoms with E-state index in [2.05, 4.69) is 0 Å². The molecule has 0 heterocycles. The Morgan fingerprint density at radius 1 is 1.09 bits per heavy atom. The molecular weight excluding hydrogens is 338 g/mol. The summed E-state index contributed by atoms with van der Waals surface area (Å²) in [5.41, 5.74) is 1.24. The summed E-state index contributed by atoms with van der Waals surface area (Å²) in [7, 11) is -4.03. The zero-order valence-electron chi connectivity index (χ0n) is 12.6. The fourth-order valence-electron chi connectivity index (χ4n) is 2.08. The van der Waals surface area contributed by atoms with Gasteiger partial charge in [0.15, 0.2) is 0 Å². The molecule has 0 aromatic heterocycles. The normalized spacial score (nSPS) is 12.7.